The Balaban J connectivity index is 2.05. The van der Waals surface area contributed by atoms with Gasteiger partial charge in [-0.25, -0.2) is 23.5 Å². The second-order valence-corrected chi connectivity index (χ2v) is 9.25. The third kappa shape index (κ3) is 5.31. The summed E-state index contributed by atoms with van der Waals surface area (Å²) in [5.74, 6) is -0.929. The maximum absolute atomic E-state index is 14.4. The highest BCUT2D eigenvalue weighted by Crippen LogP contribution is 2.27. The summed E-state index contributed by atoms with van der Waals surface area (Å²) in [6.07, 6.45) is 0.911. The summed E-state index contributed by atoms with van der Waals surface area (Å²) in [5.41, 5.74) is -0.821. The van der Waals surface area contributed by atoms with E-state index in [9.17, 15) is 14.0 Å². The van der Waals surface area contributed by atoms with Gasteiger partial charge in [0.1, 0.15) is 11.2 Å². The highest BCUT2D eigenvalue weighted by atomic mass is 35.5. The zero-order valence-corrected chi connectivity index (χ0v) is 19.3. The van der Waals surface area contributed by atoms with Crippen molar-refractivity contribution >= 4 is 35.4 Å². The molecule has 0 unspecified atom stereocenters. The van der Waals surface area contributed by atoms with Crippen LogP contribution in [0.5, 0.6) is 0 Å². The molecule has 0 spiro atoms. The molecule has 0 bridgehead atoms. The number of nitrogens with zero attached hydrogens (tertiary/aromatic N) is 5. The minimum Gasteiger partial charge on any atom is -0.443 e. The van der Waals surface area contributed by atoms with E-state index in [0.29, 0.717) is 10.5 Å². The van der Waals surface area contributed by atoms with Crippen molar-refractivity contribution in [2.24, 2.45) is 0 Å². The smallest absolute Gasteiger partial charge is 0.427 e. The van der Waals surface area contributed by atoms with Crippen molar-refractivity contribution in [3.8, 4) is 11.1 Å². The van der Waals surface area contributed by atoms with Crippen LogP contribution in [0.2, 0.25) is 5.15 Å². The van der Waals surface area contributed by atoms with E-state index in [1.807, 2.05) is 0 Å². The van der Waals surface area contributed by atoms with E-state index in [1.54, 1.807) is 47.6 Å². The first kappa shape index (κ1) is 23.4. The summed E-state index contributed by atoms with van der Waals surface area (Å²) < 4.78 is 26.4. The average Bonchev–Trinajstić information content (AvgIpc) is 3.03. The number of ether oxygens (including phenoxy) is 2. The molecule has 3 aromatic rings. The summed E-state index contributed by atoms with van der Waals surface area (Å²) in [4.78, 5) is 34.1. The van der Waals surface area contributed by atoms with Gasteiger partial charge >= 0.3 is 12.2 Å². The molecule has 0 fully saturated rings. The monoisotopic (exact) mass is 463 g/mol. The number of rotatable bonds is 2. The van der Waals surface area contributed by atoms with Crippen molar-refractivity contribution in [3.05, 3.63) is 41.6 Å². The molecule has 0 saturated carbocycles. The molecule has 0 atom stereocenters. The SMILES string of the molecule is CC(C)(C)OC(=O)N(C(=O)OC(C)(C)C)c1nc2cc(-c3ccnc(Cl)c3F)ccn2n1. The van der Waals surface area contributed by atoms with Crippen LogP contribution in [0.4, 0.5) is 19.9 Å². The molecular weight excluding hydrogens is 441 g/mol. The number of amides is 2. The molecule has 0 radical (unpaired) electrons. The van der Waals surface area contributed by atoms with Crippen LogP contribution in [-0.2, 0) is 9.47 Å². The Hall–Kier alpha value is -3.27. The Morgan fingerprint density at radius 2 is 1.66 bits per heavy atom. The maximum Gasteiger partial charge on any atom is 0.427 e. The second-order valence-electron chi connectivity index (χ2n) is 8.89. The summed E-state index contributed by atoms with van der Waals surface area (Å²) in [6, 6.07) is 4.59. The molecular formula is C21H23ClFN5O4. The van der Waals surface area contributed by atoms with Crippen molar-refractivity contribution in [2.75, 3.05) is 4.90 Å². The van der Waals surface area contributed by atoms with Gasteiger partial charge in [0.05, 0.1) is 0 Å². The van der Waals surface area contributed by atoms with E-state index in [0.717, 1.165) is 0 Å². The van der Waals surface area contributed by atoms with Crippen LogP contribution in [0.1, 0.15) is 41.5 Å². The number of anilines is 1. The Labute approximate surface area is 189 Å². The number of pyridine rings is 2. The molecule has 0 aliphatic rings. The molecule has 32 heavy (non-hydrogen) atoms. The van der Waals surface area contributed by atoms with E-state index >= 15 is 0 Å². The van der Waals surface area contributed by atoms with E-state index < -0.39 is 29.2 Å². The largest absolute Gasteiger partial charge is 0.443 e. The van der Waals surface area contributed by atoms with Gasteiger partial charge < -0.3 is 9.47 Å². The lowest BCUT2D eigenvalue weighted by Gasteiger charge is -2.26. The van der Waals surface area contributed by atoms with Gasteiger partial charge in [-0.15, -0.1) is 10.00 Å². The summed E-state index contributed by atoms with van der Waals surface area (Å²) in [7, 11) is 0. The molecule has 2 amide bonds. The maximum atomic E-state index is 14.4. The van der Waals surface area contributed by atoms with Crippen LogP contribution in [0.25, 0.3) is 16.8 Å². The van der Waals surface area contributed by atoms with Gasteiger partial charge in [0.2, 0.25) is 0 Å². The third-order valence-electron chi connectivity index (χ3n) is 3.84. The van der Waals surface area contributed by atoms with Crippen molar-refractivity contribution in [1.82, 2.24) is 19.6 Å². The lowest BCUT2D eigenvalue weighted by Crippen LogP contribution is -2.44. The van der Waals surface area contributed by atoms with Crippen molar-refractivity contribution in [2.45, 2.75) is 52.7 Å². The number of hydrogen-bond donors (Lipinski definition) is 0. The molecule has 0 saturated heterocycles. The first-order valence-corrected chi connectivity index (χ1v) is 10.1. The van der Waals surface area contributed by atoms with Crippen LogP contribution in [-0.4, -0.2) is 43.0 Å². The van der Waals surface area contributed by atoms with Crippen molar-refractivity contribution in [3.63, 3.8) is 0 Å². The Bertz CT molecular complexity index is 1160. The Kier molecular flexibility index (Phi) is 6.10. The molecule has 9 nitrogen and oxygen atoms in total. The minimum absolute atomic E-state index is 0.216. The van der Waals surface area contributed by atoms with Gasteiger partial charge in [-0.05, 0) is 65.3 Å². The lowest BCUT2D eigenvalue weighted by atomic mass is 10.1. The van der Waals surface area contributed by atoms with Crippen molar-refractivity contribution in [1.29, 1.82) is 0 Å². The fourth-order valence-electron chi connectivity index (χ4n) is 2.63. The molecule has 3 aromatic heterocycles. The normalized spacial score (nSPS) is 12.0. The minimum atomic E-state index is -0.991. The first-order valence-electron chi connectivity index (χ1n) is 9.68. The first-order chi connectivity index (χ1) is 14.7. The molecule has 0 N–H and O–H groups in total. The molecule has 0 aliphatic carbocycles. The molecule has 3 heterocycles. The third-order valence-corrected chi connectivity index (χ3v) is 4.10. The molecule has 0 aromatic carbocycles. The molecule has 3 rings (SSSR count). The predicted molar refractivity (Wildman–Crippen MR) is 116 cm³/mol. The highest BCUT2D eigenvalue weighted by Gasteiger charge is 2.35. The van der Waals surface area contributed by atoms with Gasteiger partial charge in [-0.2, -0.15) is 4.98 Å². The van der Waals surface area contributed by atoms with Crippen LogP contribution in [0, 0.1) is 5.82 Å². The average molecular weight is 464 g/mol. The zero-order chi connectivity index (χ0) is 23.8. The summed E-state index contributed by atoms with van der Waals surface area (Å²) in [6.45, 7) is 9.98. The van der Waals surface area contributed by atoms with Crippen molar-refractivity contribution < 1.29 is 23.5 Å². The number of carbonyl (C=O) groups is 2. The number of hydrogen-bond acceptors (Lipinski definition) is 7. The van der Waals surface area contributed by atoms with E-state index in [-0.39, 0.29) is 22.3 Å². The number of aromatic nitrogens is 4. The van der Waals surface area contributed by atoms with Crippen LogP contribution >= 0.6 is 11.6 Å². The van der Waals surface area contributed by atoms with E-state index in [2.05, 4.69) is 15.1 Å². The second kappa shape index (κ2) is 8.34. The van der Waals surface area contributed by atoms with Gasteiger partial charge in [-0.3, -0.25) is 0 Å². The molecule has 11 heteroatoms. The van der Waals surface area contributed by atoms with Gasteiger partial charge in [-0.1, -0.05) is 11.6 Å². The summed E-state index contributed by atoms with van der Waals surface area (Å²) >= 11 is 5.77. The number of carbonyl (C=O) groups excluding carboxylic acids is 2. The molecule has 170 valence electrons. The quantitative estimate of drug-likeness (QED) is 0.478. The van der Waals surface area contributed by atoms with Crippen LogP contribution < -0.4 is 4.90 Å². The lowest BCUT2D eigenvalue weighted by molar-refractivity contribution is 0.0427. The molecule has 0 aliphatic heterocycles. The summed E-state index contributed by atoms with van der Waals surface area (Å²) in [5, 5.41) is 3.93. The van der Waals surface area contributed by atoms with Gasteiger partial charge in [0, 0.05) is 18.0 Å². The standard InChI is InChI=1S/C21H23ClFN5O4/c1-20(2,3)31-18(29)28(19(30)32-21(4,5)6)17-25-14-11-12(8-10-27(14)26-17)13-7-9-24-16(22)15(13)23/h7-11H,1-6H3. The van der Waals surface area contributed by atoms with Crippen LogP contribution in [0.3, 0.4) is 0 Å². The van der Waals surface area contributed by atoms with Gasteiger partial charge in [0.15, 0.2) is 16.6 Å². The Morgan fingerprint density at radius 1 is 1.06 bits per heavy atom. The fraction of sp³-hybridized carbons (Fsp3) is 0.381. The topological polar surface area (TPSA) is 98.9 Å². The Morgan fingerprint density at radius 3 is 2.22 bits per heavy atom. The van der Waals surface area contributed by atoms with E-state index in [1.165, 1.54) is 29.0 Å². The van der Waals surface area contributed by atoms with E-state index in [4.69, 9.17) is 21.1 Å². The number of halogens is 2. The fourth-order valence-corrected chi connectivity index (χ4v) is 2.78. The number of imide groups is 1. The number of fused-ring (bicyclic) bond motifs is 1. The zero-order valence-electron chi connectivity index (χ0n) is 18.5. The predicted octanol–water partition coefficient (Wildman–Crippen LogP) is 5.26. The highest BCUT2D eigenvalue weighted by molar-refractivity contribution is 6.29. The van der Waals surface area contributed by atoms with Crippen LogP contribution in [0.15, 0.2) is 30.6 Å². The van der Waals surface area contributed by atoms with Gasteiger partial charge in [0.25, 0.3) is 5.95 Å².